The minimum Gasteiger partial charge on any atom is -0.376 e. The molecular formula is C16H16Cl2FN. The van der Waals surface area contributed by atoms with Crippen LogP contribution >= 0.6 is 23.2 Å². The molecule has 20 heavy (non-hydrogen) atoms. The molecular weight excluding hydrogens is 296 g/mol. The van der Waals surface area contributed by atoms with Gasteiger partial charge in [-0.25, -0.2) is 4.39 Å². The molecule has 0 aliphatic heterocycles. The fourth-order valence-corrected chi connectivity index (χ4v) is 2.59. The zero-order chi connectivity index (χ0) is 14.7. The highest BCUT2D eigenvalue weighted by molar-refractivity contribution is 6.39. The van der Waals surface area contributed by atoms with Crippen molar-refractivity contribution in [1.82, 2.24) is 0 Å². The van der Waals surface area contributed by atoms with Gasteiger partial charge in [0.05, 0.1) is 15.7 Å². The average molecular weight is 312 g/mol. The van der Waals surface area contributed by atoms with Crippen molar-refractivity contribution in [2.75, 3.05) is 5.32 Å². The third-order valence-corrected chi connectivity index (χ3v) is 3.85. The first-order valence-electron chi connectivity index (χ1n) is 6.51. The molecule has 1 unspecified atom stereocenters. The van der Waals surface area contributed by atoms with Crippen LogP contribution < -0.4 is 5.32 Å². The number of anilines is 1. The van der Waals surface area contributed by atoms with Crippen LogP contribution in [0.4, 0.5) is 10.1 Å². The number of halogens is 3. The fraction of sp³-hybridized carbons (Fsp3) is 0.250. The number of rotatable bonds is 4. The van der Waals surface area contributed by atoms with E-state index in [-0.39, 0.29) is 16.1 Å². The molecule has 0 saturated heterocycles. The largest absolute Gasteiger partial charge is 0.376 e. The molecule has 1 N–H and O–H groups in total. The zero-order valence-corrected chi connectivity index (χ0v) is 12.9. The number of hydrogen-bond acceptors (Lipinski definition) is 1. The highest BCUT2D eigenvalue weighted by Gasteiger charge is 2.12. The molecule has 0 saturated carbocycles. The van der Waals surface area contributed by atoms with Crippen LogP contribution in [0.5, 0.6) is 0 Å². The number of aryl methyl sites for hydroxylation is 1. The Kier molecular flexibility index (Phi) is 4.90. The molecule has 0 aliphatic rings. The van der Waals surface area contributed by atoms with Gasteiger partial charge in [-0.2, -0.15) is 0 Å². The maximum atomic E-state index is 13.2. The maximum absolute atomic E-state index is 13.2. The van der Waals surface area contributed by atoms with Crippen molar-refractivity contribution in [2.45, 2.75) is 26.3 Å². The van der Waals surface area contributed by atoms with Gasteiger partial charge in [0.2, 0.25) is 0 Å². The van der Waals surface area contributed by atoms with Crippen molar-refractivity contribution in [2.24, 2.45) is 0 Å². The van der Waals surface area contributed by atoms with Gasteiger partial charge >= 0.3 is 0 Å². The maximum Gasteiger partial charge on any atom is 0.126 e. The Bertz CT molecular complexity index is 573. The van der Waals surface area contributed by atoms with Gasteiger partial charge in [0, 0.05) is 6.04 Å². The SMILES string of the molecule is CCc1ccc(C(C)Nc2c(Cl)cc(F)cc2Cl)cc1. The molecule has 1 atom stereocenters. The summed E-state index contributed by atoms with van der Waals surface area (Å²) < 4.78 is 13.2. The molecule has 0 heterocycles. The lowest BCUT2D eigenvalue weighted by molar-refractivity contribution is 0.628. The van der Waals surface area contributed by atoms with E-state index in [9.17, 15) is 4.39 Å². The van der Waals surface area contributed by atoms with Gasteiger partial charge in [-0.1, -0.05) is 54.4 Å². The van der Waals surface area contributed by atoms with E-state index in [1.165, 1.54) is 17.7 Å². The molecule has 2 rings (SSSR count). The van der Waals surface area contributed by atoms with Crippen LogP contribution in [0.1, 0.15) is 31.0 Å². The Morgan fingerprint density at radius 2 is 1.65 bits per heavy atom. The lowest BCUT2D eigenvalue weighted by atomic mass is 10.0. The van der Waals surface area contributed by atoms with Crippen molar-refractivity contribution in [3.8, 4) is 0 Å². The summed E-state index contributed by atoms with van der Waals surface area (Å²) in [6, 6.07) is 10.9. The van der Waals surface area contributed by atoms with Crippen LogP contribution in [0, 0.1) is 5.82 Å². The summed E-state index contributed by atoms with van der Waals surface area (Å²) in [6.45, 7) is 4.13. The Labute approximate surface area is 128 Å². The fourth-order valence-electron chi connectivity index (χ4n) is 2.02. The molecule has 0 bridgehead atoms. The normalized spacial score (nSPS) is 12.2. The first-order chi connectivity index (χ1) is 9.51. The molecule has 0 aliphatic carbocycles. The first kappa shape index (κ1) is 15.1. The molecule has 2 aromatic rings. The summed E-state index contributed by atoms with van der Waals surface area (Å²) in [5.74, 6) is -0.439. The van der Waals surface area contributed by atoms with Crippen LogP contribution in [-0.4, -0.2) is 0 Å². The summed E-state index contributed by atoms with van der Waals surface area (Å²) in [4.78, 5) is 0. The van der Waals surface area contributed by atoms with E-state index in [0.29, 0.717) is 5.69 Å². The summed E-state index contributed by atoms with van der Waals surface area (Å²) >= 11 is 12.1. The van der Waals surface area contributed by atoms with Gasteiger partial charge in [0.15, 0.2) is 0 Å². The second-order valence-electron chi connectivity index (χ2n) is 4.71. The predicted molar refractivity (Wildman–Crippen MR) is 84.3 cm³/mol. The summed E-state index contributed by atoms with van der Waals surface area (Å²) in [6.07, 6.45) is 1.01. The minimum absolute atomic E-state index is 0.0290. The van der Waals surface area contributed by atoms with Gasteiger partial charge in [-0.15, -0.1) is 0 Å². The van der Waals surface area contributed by atoms with Crippen LogP contribution in [0.25, 0.3) is 0 Å². The molecule has 1 nitrogen and oxygen atoms in total. The second-order valence-corrected chi connectivity index (χ2v) is 5.52. The summed E-state index contributed by atoms with van der Waals surface area (Å²) in [7, 11) is 0. The van der Waals surface area contributed by atoms with Gasteiger partial charge in [0.25, 0.3) is 0 Å². The summed E-state index contributed by atoms with van der Waals surface area (Å²) in [5.41, 5.74) is 2.97. The van der Waals surface area contributed by atoms with Crippen LogP contribution in [-0.2, 0) is 6.42 Å². The van der Waals surface area contributed by atoms with E-state index in [2.05, 4.69) is 36.5 Å². The van der Waals surface area contributed by atoms with Crippen molar-refractivity contribution >= 4 is 28.9 Å². The van der Waals surface area contributed by atoms with Crippen LogP contribution in [0.2, 0.25) is 10.0 Å². The topological polar surface area (TPSA) is 12.0 Å². The van der Waals surface area contributed by atoms with Gasteiger partial charge in [0.1, 0.15) is 5.82 Å². The Morgan fingerprint density at radius 1 is 1.10 bits per heavy atom. The smallest absolute Gasteiger partial charge is 0.126 e. The molecule has 0 radical (unpaired) electrons. The molecule has 4 heteroatoms. The minimum atomic E-state index is -0.439. The molecule has 0 aromatic heterocycles. The van der Waals surface area contributed by atoms with E-state index in [4.69, 9.17) is 23.2 Å². The lowest BCUT2D eigenvalue weighted by Crippen LogP contribution is -2.07. The van der Waals surface area contributed by atoms with Crippen LogP contribution in [0.3, 0.4) is 0 Å². The number of benzene rings is 2. The monoisotopic (exact) mass is 311 g/mol. The van der Waals surface area contributed by atoms with E-state index in [1.807, 2.05) is 6.92 Å². The third-order valence-electron chi connectivity index (χ3n) is 3.26. The lowest BCUT2D eigenvalue weighted by Gasteiger charge is -2.18. The summed E-state index contributed by atoms with van der Waals surface area (Å²) in [5, 5.41) is 3.80. The van der Waals surface area contributed by atoms with Gasteiger partial charge < -0.3 is 5.32 Å². The number of hydrogen-bond donors (Lipinski definition) is 1. The molecule has 0 amide bonds. The van der Waals surface area contributed by atoms with Crippen molar-refractivity contribution in [3.05, 3.63) is 63.4 Å². The van der Waals surface area contributed by atoms with E-state index in [1.54, 1.807) is 0 Å². The van der Waals surface area contributed by atoms with E-state index < -0.39 is 5.82 Å². The van der Waals surface area contributed by atoms with Crippen molar-refractivity contribution in [1.29, 1.82) is 0 Å². The van der Waals surface area contributed by atoms with Crippen LogP contribution in [0.15, 0.2) is 36.4 Å². The van der Waals surface area contributed by atoms with E-state index in [0.717, 1.165) is 12.0 Å². The van der Waals surface area contributed by atoms with Gasteiger partial charge in [-0.3, -0.25) is 0 Å². The average Bonchev–Trinajstić information content (AvgIpc) is 2.42. The Hall–Kier alpha value is -1.25. The van der Waals surface area contributed by atoms with Gasteiger partial charge in [-0.05, 0) is 36.6 Å². The highest BCUT2D eigenvalue weighted by atomic mass is 35.5. The quantitative estimate of drug-likeness (QED) is 0.744. The van der Waals surface area contributed by atoms with Crippen molar-refractivity contribution < 1.29 is 4.39 Å². The molecule has 106 valence electrons. The zero-order valence-electron chi connectivity index (χ0n) is 11.4. The Morgan fingerprint density at radius 3 is 2.15 bits per heavy atom. The molecule has 2 aromatic carbocycles. The van der Waals surface area contributed by atoms with Crippen molar-refractivity contribution in [3.63, 3.8) is 0 Å². The molecule has 0 spiro atoms. The standard InChI is InChI=1S/C16H16Cl2FN/c1-3-11-4-6-12(7-5-11)10(2)20-16-14(17)8-13(19)9-15(16)18/h4-10,20H,3H2,1-2H3. The number of nitrogens with one attached hydrogen (secondary N) is 1. The third kappa shape index (κ3) is 3.44. The second kappa shape index (κ2) is 6.47. The van der Waals surface area contributed by atoms with E-state index >= 15 is 0 Å². The Balaban J connectivity index is 2.20. The molecule has 0 fully saturated rings. The predicted octanol–water partition coefficient (Wildman–Crippen LogP) is 5.87. The first-order valence-corrected chi connectivity index (χ1v) is 7.26. The highest BCUT2D eigenvalue weighted by Crippen LogP contribution is 2.34.